The Morgan fingerprint density at radius 1 is 0.298 bits per heavy atom. The summed E-state index contributed by atoms with van der Waals surface area (Å²) in [5.74, 6) is 0. The predicted molar refractivity (Wildman–Crippen MR) is 202 cm³/mol. The van der Waals surface area contributed by atoms with Gasteiger partial charge in [0.2, 0.25) is 0 Å². The molecule has 0 fully saturated rings. The molecule has 0 unspecified atom stereocenters. The van der Waals surface area contributed by atoms with Gasteiger partial charge in [-0.1, -0.05) is 147 Å². The molecule has 0 N–H and O–H groups in total. The van der Waals surface area contributed by atoms with E-state index in [1.807, 2.05) is 0 Å². The standard InChI is InChI=1S/C47H32/c1-47(2)45-24-19-34(32-17-20-39-36(25-32)14-12-29-7-3-5-9-37(29)39)27-44(45)42-23-18-35(28-46(42)47)33-13-11-31-16-21-40-38-10-6-4-8-30(38)15-22-41(40)43(31)26-33/h3-28H,1-2H3. The van der Waals surface area contributed by atoms with Gasteiger partial charge in [-0.2, -0.15) is 0 Å². The van der Waals surface area contributed by atoms with E-state index in [0.717, 1.165) is 0 Å². The van der Waals surface area contributed by atoms with Crippen molar-refractivity contribution in [1.29, 1.82) is 0 Å². The molecule has 9 aromatic carbocycles. The van der Waals surface area contributed by atoms with E-state index in [0.29, 0.717) is 0 Å². The highest BCUT2D eigenvalue weighted by Crippen LogP contribution is 2.51. The van der Waals surface area contributed by atoms with Gasteiger partial charge in [0.25, 0.3) is 0 Å². The summed E-state index contributed by atoms with van der Waals surface area (Å²) in [5.41, 5.74) is 10.5. The molecule has 0 bridgehead atoms. The summed E-state index contributed by atoms with van der Waals surface area (Å²) >= 11 is 0. The summed E-state index contributed by atoms with van der Waals surface area (Å²) in [5, 5.41) is 13.0. The third-order valence-corrected chi connectivity index (χ3v) is 10.8. The van der Waals surface area contributed by atoms with Gasteiger partial charge in [-0.15, -0.1) is 0 Å². The molecule has 1 aliphatic carbocycles. The molecule has 0 aliphatic heterocycles. The van der Waals surface area contributed by atoms with Crippen LogP contribution in [-0.4, -0.2) is 0 Å². The van der Waals surface area contributed by atoms with Crippen LogP contribution < -0.4 is 0 Å². The van der Waals surface area contributed by atoms with Crippen LogP contribution in [-0.2, 0) is 5.41 Å². The van der Waals surface area contributed by atoms with Crippen LogP contribution in [0.5, 0.6) is 0 Å². The summed E-state index contributed by atoms with van der Waals surface area (Å²) in [6.45, 7) is 4.75. The third kappa shape index (κ3) is 3.88. The molecular weight excluding hydrogens is 565 g/mol. The average molecular weight is 597 g/mol. The van der Waals surface area contributed by atoms with E-state index in [1.54, 1.807) is 0 Å². The quantitative estimate of drug-likeness (QED) is 0.174. The fourth-order valence-electron chi connectivity index (χ4n) is 8.30. The Bertz CT molecular complexity index is 2760. The van der Waals surface area contributed by atoms with E-state index >= 15 is 0 Å². The summed E-state index contributed by atoms with van der Waals surface area (Å²) in [7, 11) is 0. The maximum Gasteiger partial charge on any atom is 0.0159 e. The summed E-state index contributed by atoms with van der Waals surface area (Å²) in [4.78, 5) is 0. The van der Waals surface area contributed by atoms with Crippen LogP contribution in [0.3, 0.4) is 0 Å². The molecule has 0 heterocycles. The zero-order valence-electron chi connectivity index (χ0n) is 26.5. The van der Waals surface area contributed by atoms with Gasteiger partial charge in [0.05, 0.1) is 0 Å². The largest absolute Gasteiger partial charge is 0.0616 e. The van der Waals surface area contributed by atoms with Gasteiger partial charge in [0.15, 0.2) is 0 Å². The molecule has 0 radical (unpaired) electrons. The highest BCUT2D eigenvalue weighted by atomic mass is 14.4. The van der Waals surface area contributed by atoms with Gasteiger partial charge in [-0.25, -0.2) is 0 Å². The Morgan fingerprint density at radius 2 is 0.787 bits per heavy atom. The third-order valence-electron chi connectivity index (χ3n) is 10.8. The minimum absolute atomic E-state index is 0.0794. The van der Waals surface area contributed by atoms with E-state index in [4.69, 9.17) is 0 Å². The number of benzene rings is 9. The first-order valence-electron chi connectivity index (χ1n) is 16.6. The van der Waals surface area contributed by atoms with E-state index in [-0.39, 0.29) is 5.41 Å². The predicted octanol–water partition coefficient (Wildman–Crippen LogP) is 13.1. The average Bonchev–Trinajstić information content (AvgIpc) is 3.35. The minimum Gasteiger partial charge on any atom is -0.0616 e. The molecule has 0 saturated carbocycles. The number of hydrogen-bond donors (Lipinski definition) is 0. The van der Waals surface area contributed by atoms with Gasteiger partial charge >= 0.3 is 0 Å². The highest BCUT2D eigenvalue weighted by molar-refractivity contribution is 6.17. The minimum atomic E-state index is -0.0794. The molecule has 0 amide bonds. The molecule has 0 saturated heterocycles. The van der Waals surface area contributed by atoms with E-state index < -0.39 is 0 Å². The van der Waals surface area contributed by atoms with Crippen molar-refractivity contribution in [2.45, 2.75) is 19.3 Å². The van der Waals surface area contributed by atoms with Crippen molar-refractivity contribution < 1.29 is 0 Å². The van der Waals surface area contributed by atoms with Crippen molar-refractivity contribution >= 4 is 53.9 Å². The number of fused-ring (bicyclic) bond motifs is 11. The molecule has 0 heteroatoms. The SMILES string of the molecule is CC1(C)c2ccc(-c3ccc4c(ccc5ccccc54)c3)cc2-c2ccc(-c3ccc4ccc5c6ccccc6ccc5c4c3)cc21. The molecule has 0 nitrogen and oxygen atoms in total. The van der Waals surface area contributed by atoms with Crippen molar-refractivity contribution in [1.82, 2.24) is 0 Å². The van der Waals surface area contributed by atoms with Crippen LogP contribution in [0.2, 0.25) is 0 Å². The van der Waals surface area contributed by atoms with Crippen LogP contribution in [0, 0.1) is 0 Å². The molecule has 10 rings (SSSR count). The first-order valence-corrected chi connectivity index (χ1v) is 16.6. The first-order chi connectivity index (χ1) is 23.0. The van der Waals surface area contributed by atoms with Crippen molar-refractivity contribution in [2.24, 2.45) is 0 Å². The van der Waals surface area contributed by atoms with Crippen LogP contribution >= 0.6 is 0 Å². The Morgan fingerprint density at radius 3 is 1.60 bits per heavy atom. The number of hydrogen-bond acceptors (Lipinski definition) is 0. The smallest absolute Gasteiger partial charge is 0.0159 e. The summed E-state index contributed by atoms with van der Waals surface area (Å²) in [6, 6.07) is 59.0. The van der Waals surface area contributed by atoms with E-state index in [9.17, 15) is 0 Å². The van der Waals surface area contributed by atoms with Gasteiger partial charge in [-0.05, 0) is 123 Å². The van der Waals surface area contributed by atoms with Crippen molar-refractivity contribution in [3.8, 4) is 33.4 Å². The van der Waals surface area contributed by atoms with Gasteiger partial charge in [0.1, 0.15) is 0 Å². The van der Waals surface area contributed by atoms with Crippen molar-refractivity contribution in [3.05, 3.63) is 169 Å². The van der Waals surface area contributed by atoms with Crippen LogP contribution in [0.25, 0.3) is 87.2 Å². The second kappa shape index (κ2) is 9.64. The Labute approximate surface area is 274 Å². The number of rotatable bonds is 2. The fourth-order valence-corrected chi connectivity index (χ4v) is 8.30. The Kier molecular flexibility index (Phi) is 5.44. The monoisotopic (exact) mass is 596 g/mol. The maximum atomic E-state index is 2.44. The maximum absolute atomic E-state index is 2.44. The van der Waals surface area contributed by atoms with Crippen LogP contribution in [0.15, 0.2) is 158 Å². The van der Waals surface area contributed by atoms with Crippen molar-refractivity contribution in [3.63, 3.8) is 0 Å². The molecular formula is C47H32. The lowest BCUT2D eigenvalue weighted by Crippen LogP contribution is -2.15. The Balaban J connectivity index is 1.07. The van der Waals surface area contributed by atoms with Crippen molar-refractivity contribution in [2.75, 3.05) is 0 Å². The van der Waals surface area contributed by atoms with E-state index in [2.05, 4.69) is 172 Å². The highest BCUT2D eigenvalue weighted by Gasteiger charge is 2.35. The molecule has 47 heavy (non-hydrogen) atoms. The molecule has 0 spiro atoms. The lowest BCUT2D eigenvalue weighted by Gasteiger charge is -2.22. The first kappa shape index (κ1) is 26.5. The molecule has 0 atom stereocenters. The summed E-state index contributed by atoms with van der Waals surface area (Å²) < 4.78 is 0. The summed E-state index contributed by atoms with van der Waals surface area (Å²) in [6.07, 6.45) is 0. The van der Waals surface area contributed by atoms with Crippen LogP contribution in [0.4, 0.5) is 0 Å². The molecule has 1 aliphatic rings. The Hall–Kier alpha value is -5.72. The van der Waals surface area contributed by atoms with Crippen LogP contribution in [0.1, 0.15) is 25.0 Å². The topological polar surface area (TPSA) is 0 Å². The van der Waals surface area contributed by atoms with Gasteiger partial charge in [0, 0.05) is 5.41 Å². The van der Waals surface area contributed by atoms with E-state index in [1.165, 1.54) is 98.4 Å². The van der Waals surface area contributed by atoms with Gasteiger partial charge in [-0.3, -0.25) is 0 Å². The zero-order valence-corrected chi connectivity index (χ0v) is 26.5. The van der Waals surface area contributed by atoms with Gasteiger partial charge < -0.3 is 0 Å². The molecule has 0 aromatic heterocycles. The zero-order chi connectivity index (χ0) is 31.3. The second-order valence-corrected chi connectivity index (χ2v) is 13.8. The normalized spacial score (nSPS) is 13.5. The molecule has 9 aromatic rings. The fraction of sp³-hybridized carbons (Fsp3) is 0.0638. The lowest BCUT2D eigenvalue weighted by molar-refractivity contribution is 0.660. The lowest BCUT2D eigenvalue weighted by atomic mass is 9.81. The molecule has 220 valence electrons. The second-order valence-electron chi connectivity index (χ2n) is 13.8.